The molecule has 21 heavy (non-hydrogen) atoms. The van der Waals surface area contributed by atoms with E-state index in [1.54, 1.807) is 4.68 Å². The fourth-order valence-corrected chi connectivity index (χ4v) is 2.73. The third-order valence-electron chi connectivity index (χ3n) is 3.00. The molecule has 0 bridgehead atoms. The van der Waals surface area contributed by atoms with Crippen molar-refractivity contribution in [2.24, 2.45) is 0 Å². The fraction of sp³-hybridized carbons (Fsp3) is 0.571. The Morgan fingerprint density at radius 1 is 1.33 bits per heavy atom. The van der Waals surface area contributed by atoms with E-state index < -0.39 is 0 Å². The number of nitrogens with zero attached hydrogens (tertiary/aromatic N) is 4. The number of hydrogen-bond acceptors (Lipinski definition) is 6. The predicted octanol–water partition coefficient (Wildman–Crippen LogP) is 2.73. The quantitative estimate of drug-likeness (QED) is 0.888. The van der Waals surface area contributed by atoms with Gasteiger partial charge in [0.1, 0.15) is 0 Å². The van der Waals surface area contributed by atoms with E-state index in [0.717, 1.165) is 23.8 Å². The highest BCUT2D eigenvalue weighted by molar-refractivity contribution is 7.18. The summed E-state index contributed by atoms with van der Waals surface area (Å²) in [7, 11) is 0. The molecule has 114 valence electrons. The zero-order chi connectivity index (χ0) is 15.4. The molecule has 2 heterocycles. The molecule has 0 aliphatic heterocycles. The summed E-state index contributed by atoms with van der Waals surface area (Å²) >= 11 is 1.40. The van der Waals surface area contributed by atoms with Crippen molar-refractivity contribution >= 4 is 16.5 Å². The van der Waals surface area contributed by atoms with Crippen molar-refractivity contribution in [2.75, 3.05) is 11.9 Å². The standard InChI is InChI=1S/C14H21N5OS/c1-5-7-19-13(20)10(8-11(18-19)9(3)4)12-16-17-14(21-12)15-6-2/h8-9H,5-7H2,1-4H3,(H,15,17). The summed E-state index contributed by atoms with van der Waals surface area (Å²) in [4.78, 5) is 12.5. The van der Waals surface area contributed by atoms with Gasteiger partial charge in [0.25, 0.3) is 5.56 Å². The van der Waals surface area contributed by atoms with Crippen molar-refractivity contribution < 1.29 is 0 Å². The zero-order valence-corrected chi connectivity index (χ0v) is 13.7. The highest BCUT2D eigenvalue weighted by Crippen LogP contribution is 2.25. The van der Waals surface area contributed by atoms with Gasteiger partial charge in [-0.25, -0.2) is 4.68 Å². The van der Waals surface area contributed by atoms with Crippen LogP contribution in [0.3, 0.4) is 0 Å². The van der Waals surface area contributed by atoms with Crippen LogP contribution in [0.2, 0.25) is 0 Å². The molecule has 0 saturated carbocycles. The third kappa shape index (κ3) is 3.47. The Bertz CT molecular complexity index is 662. The largest absolute Gasteiger partial charge is 0.360 e. The Kier molecular flexibility index (Phi) is 5.06. The van der Waals surface area contributed by atoms with Crippen LogP contribution in [0.4, 0.5) is 5.13 Å². The molecule has 2 aromatic rings. The molecule has 0 unspecified atom stereocenters. The Labute approximate surface area is 128 Å². The SMILES string of the molecule is CCCn1nc(C(C)C)cc(-c2nnc(NCC)s2)c1=O. The molecule has 0 saturated heterocycles. The number of rotatable bonds is 6. The van der Waals surface area contributed by atoms with Crippen LogP contribution in [0.15, 0.2) is 10.9 Å². The molecule has 0 aliphatic carbocycles. The lowest BCUT2D eigenvalue weighted by molar-refractivity contribution is 0.548. The lowest BCUT2D eigenvalue weighted by atomic mass is 10.1. The molecule has 0 radical (unpaired) electrons. The molecule has 0 aromatic carbocycles. The van der Waals surface area contributed by atoms with E-state index >= 15 is 0 Å². The van der Waals surface area contributed by atoms with Crippen LogP contribution in [0, 0.1) is 0 Å². The maximum absolute atomic E-state index is 12.5. The summed E-state index contributed by atoms with van der Waals surface area (Å²) in [5.41, 5.74) is 1.39. The van der Waals surface area contributed by atoms with Gasteiger partial charge in [-0.3, -0.25) is 4.79 Å². The first-order valence-corrected chi connectivity index (χ1v) is 8.08. The number of aromatic nitrogens is 4. The van der Waals surface area contributed by atoms with Crippen LogP contribution < -0.4 is 10.9 Å². The van der Waals surface area contributed by atoms with Crippen LogP contribution in [-0.4, -0.2) is 26.5 Å². The Balaban J connectivity index is 2.52. The monoisotopic (exact) mass is 307 g/mol. The molecule has 0 amide bonds. The molecular weight excluding hydrogens is 286 g/mol. The van der Waals surface area contributed by atoms with Gasteiger partial charge in [0.2, 0.25) is 5.13 Å². The molecular formula is C14H21N5OS. The van der Waals surface area contributed by atoms with Gasteiger partial charge >= 0.3 is 0 Å². The average molecular weight is 307 g/mol. The second-order valence-corrected chi connectivity index (χ2v) is 6.09. The predicted molar refractivity (Wildman–Crippen MR) is 85.9 cm³/mol. The van der Waals surface area contributed by atoms with Crippen molar-refractivity contribution in [3.8, 4) is 10.6 Å². The van der Waals surface area contributed by atoms with Gasteiger partial charge in [-0.2, -0.15) is 5.10 Å². The average Bonchev–Trinajstić information content (AvgIpc) is 2.90. The van der Waals surface area contributed by atoms with Crippen LogP contribution >= 0.6 is 11.3 Å². The Hall–Kier alpha value is -1.76. The minimum Gasteiger partial charge on any atom is -0.360 e. The Morgan fingerprint density at radius 2 is 2.10 bits per heavy atom. The van der Waals surface area contributed by atoms with E-state index in [-0.39, 0.29) is 11.5 Å². The number of hydrogen-bond donors (Lipinski definition) is 1. The number of aryl methyl sites for hydroxylation is 1. The summed E-state index contributed by atoms with van der Waals surface area (Å²) in [6.45, 7) is 9.56. The van der Waals surface area contributed by atoms with Crippen LogP contribution in [-0.2, 0) is 6.54 Å². The zero-order valence-electron chi connectivity index (χ0n) is 12.9. The van der Waals surface area contributed by atoms with Gasteiger partial charge < -0.3 is 5.32 Å². The maximum atomic E-state index is 12.5. The third-order valence-corrected chi connectivity index (χ3v) is 3.92. The highest BCUT2D eigenvalue weighted by atomic mass is 32.1. The molecule has 2 rings (SSSR count). The van der Waals surface area contributed by atoms with Gasteiger partial charge in [0.05, 0.1) is 11.3 Å². The number of nitrogens with one attached hydrogen (secondary N) is 1. The van der Waals surface area contributed by atoms with Crippen molar-refractivity contribution in [1.82, 2.24) is 20.0 Å². The second-order valence-electron chi connectivity index (χ2n) is 5.11. The van der Waals surface area contributed by atoms with Crippen molar-refractivity contribution in [2.45, 2.75) is 46.6 Å². The van der Waals surface area contributed by atoms with Gasteiger partial charge in [-0.05, 0) is 25.3 Å². The molecule has 6 nitrogen and oxygen atoms in total. The molecule has 1 N–H and O–H groups in total. The van der Waals surface area contributed by atoms with E-state index in [1.165, 1.54) is 11.3 Å². The van der Waals surface area contributed by atoms with Crippen LogP contribution in [0.1, 0.15) is 45.7 Å². The lowest BCUT2D eigenvalue weighted by Gasteiger charge is -2.10. The summed E-state index contributed by atoms with van der Waals surface area (Å²) in [5.74, 6) is 0.258. The number of anilines is 1. The molecule has 7 heteroatoms. The fourth-order valence-electron chi connectivity index (χ4n) is 1.92. The van der Waals surface area contributed by atoms with Gasteiger partial charge in [0, 0.05) is 13.1 Å². The lowest BCUT2D eigenvalue weighted by Crippen LogP contribution is -2.26. The normalized spacial score (nSPS) is 11.1. The molecule has 0 aliphatic rings. The van der Waals surface area contributed by atoms with Crippen LogP contribution in [0.5, 0.6) is 0 Å². The highest BCUT2D eigenvalue weighted by Gasteiger charge is 2.15. The smallest absolute Gasteiger partial charge is 0.277 e. The first-order valence-electron chi connectivity index (χ1n) is 7.26. The summed E-state index contributed by atoms with van der Waals surface area (Å²) in [6.07, 6.45) is 0.868. The molecule has 2 aromatic heterocycles. The van der Waals surface area contributed by atoms with Crippen LogP contribution in [0.25, 0.3) is 10.6 Å². The van der Waals surface area contributed by atoms with E-state index in [0.29, 0.717) is 17.1 Å². The van der Waals surface area contributed by atoms with Crippen molar-refractivity contribution in [3.05, 3.63) is 22.1 Å². The molecule has 0 atom stereocenters. The van der Waals surface area contributed by atoms with Gasteiger partial charge in [-0.1, -0.05) is 32.1 Å². The second kappa shape index (κ2) is 6.80. The van der Waals surface area contributed by atoms with Crippen molar-refractivity contribution in [3.63, 3.8) is 0 Å². The van der Waals surface area contributed by atoms with Gasteiger partial charge in [-0.15, -0.1) is 10.2 Å². The summed E-state index contributed by atoms with van der Waals surface area (Å²) < 4.78 is 1.54. The summed E-state index contributed by atoms with van der Waals surface area (Å²) in [6, 6.07) is 1.84. The van der Waals surface area contributed by atoms with Gasteiger partial charge in [0.15, 0.2) is 5.01 Å². The summed E-state index contributed by atoms with van der Waals surface area (Å²) in [5, 5.41) is 17.1. The maximum Gasteiger partial charge on any atom is 0.277 e. The van der Waals surface area contributed by atoms with E-state index in [4.69, 9.17) is 0 Å². The molecule has 0 fully saturated rings. The minimum atomic E-state index is -0.0968. The van der Waals surface area contributed by atoms with Crippen molar-refractivity contribution in [1.29, 1.82) is 0 Å². The van der Waals surface area contributed by atoms with E-state index in [2.05, 4.69) is 34.5 Å². The minimum absolute atomic E-state index is 0.0968. The first kappa shape index (κ1) is 15.6. The van der Waals surface area contributed by atoms with E-state index in [1.807, 2.05) is 19.9 Å². The topological polar surface area (TPSA) is 72.7 Å². The first-order chi connectivity index (χ1) is 10.1. The molecule has 0 spiro atoms. The Morgan fingerprint density at radius 3 is 2.71 bits per heavy atom. The van der Waals surface area contributed by atoms with E-state index in [9.17, 15) is 4.79 Å².